The van der Waals surface area contributed by atoms with E-state index in [9.17, 15) is 4.79 Å². The summed E-state index contributed by atoms with van der Waals surface area (Å²) in [5.74, 6) is 2.26. The summed E-state index contributed by atoms with van der Waals surface area (Å²) in [6, 6.07) is 0. The van der Waals surface area contributed by atoms with Crippen molar-refractivity contribution in [3.05, 3.63) is 0 Å². The first-order chi connectivity index (χ1) is 7.78. The summed E-state index contributed by atoms with van der Waals surface area (Å²) in [5, 5.41) is 0. The predicted octanol–water partition coefficient (Wildman–Crippen LogP) is 4.04. The zero-order chi connectivity index (χ0) is 14.8. The van der Waals surface area contributed by atoms with Gasteiger partial charge in [0.2, 0.25) is 0 Å². The molecule has 18 heavy (non-hydrogen) atoms. The lowest BCUT2D eigenvalue weighted by molar-refractivity contribution is -0.164. The maximum atomic E-state index is 12.3. The monoisotopic (exact) mass is 252 g/mol. The molecule has 0 amide bonds. The third-order valence-corrected chi connectivity index (χ3v) is 2.75. The number of hydrogen-bond donors (Lipinski definition) is 0. The molecule has 0 N–H and O–H groups in total. The maximum Gasteiger partial charge on any atom is 0.310 e. The van der Waals surface area contributed by atoms with Gasteiger partial charge in [0.15, 0.2) is 0 Å². The molecular weight excluding hydrogens is 224 g/mol. The Morgan fingerprint density at radius 1 is 1.11 bits per heavy atom. The van der Waals surface area contributed by atoms with Gasteiger partial charge in [-0.3, -0.25) is 4.79 Å². The fourth-order valence-corrected chi connectivity index (χ4v) is 1.72. The molecule has 0 heterocycles. The molecule has 0 fully saturated rings. The van der Waals surface area contributed by atoms with Gasteiger partial charge in [0.1, 0.15) is 5.60 Å². The number of terminal acetylenes is 1. The number of ether oxygens (including phenoxy) is 1. The molecule has 2 heteroatoms. The molecule has 1 atom stereocenters. The minimum absolute atomic E-state index is 0.0374. The zero-order valence-electron chi connectivity index (χ0n) is 13.2. The molecule has 0 spiro atoms. The normalized spacial score (nSPS) is 14.8. The lowest BCUT2D eigenvalue weighted by Gasteiger charge is -2.35. The van der Waals surface area contributed by atoms with Gasteiger partial charge in [0, 0.05) is 5.41 Å². The average Bonchev–Trinajstić information content (AvgIpc) is 2.09. The van der Waals surface area contributed by atoms with E-state index in [0.717, 1.165) is 6.42 Å². The minimum atomic E-state index is -0.490. The van der Waals surface area contributed by atoms with Crippen LogP contribution in [0.15, 0.2) is 0 Å². The van der Waals surface area contributed by atoms with Crippen molar-refractivity contribution in [2.45, 2.75) is 67.4 Å². The topological polar surface area (TPSA) is 26.3 Å². The van der Waals surface area contributed by atoms with E-state index in [4.69, 9.17) is 11.2 Å². The molecule has 1 unspecified atom stereocenters. The highest BCUT2D eigenvalue weighted by molar-refractivity contribution is 5.74. The van der Waals surface area contributed by atoms with E-state index in [0.29, 0.717) is 0 Å². The lowest BCUT2D eigenvalue weighted by atomic mass is 9.71. The Kier molecular flexibility index (Phi) is 5.06. The van der Waals surface area contributed by atoms with Gasteiger partial charge in [-0.2, -0.15) is 0 Å². The first kappa shape index (κ1) is 17.0. The molecule has 0 bridgehead atoms. The fourth-order valence-electron chi connectivity index (χ4n) is 1.72. The lowest BCUT2D eigenvalue weighted by Crippen LogP contribution is -2.38. The molecule has 0 aromatic heterocycles. The number of carbonyl (C=O) groups is 1. The van der Waals surface area contributed by atoms with Crippen molar-refractivity contribution < 1.29 is 9.53 Å². The van der Waals surface area contributed by atoms with E-state index in [1.807, 2.05) is 34.6 Å². The molecule has 0 radical (unpaired) electrons. The number of esters is 1. The third kappa shape index (κ3) is 6.10. The highest BCUT2D eigenvalue weighted by Crippen LogP contribution is 2.37. The van der Waals surface area contributed by atoms with E-state index in [1.54, 1.807) is 0 Å². The smallest absolute Gasteiger partial charge is 0.310 e. The van der Waals surface area contributed by atoms with E-state index in [2.05, 4.69) is 26.7 Å². The van der Waals surface area contributed by atoms with Gasteiger partial charge in [0.05, 0.1) is 5.92 Å². The summed E-state index contributed by atoms with van der Waals surface area (Å²) in [6.07, 6.45) is 6.29. The Hall–Kier alpha value is -0.970. The van der Waals surface area contributed by atoms with Crippen LogP contribution in [0, 0.1) is 29.1 Å². The molecule has 0 aliphatic rings. The quantitative estimate of drug-likeness (QED) is 0.559. The van der Waals surface area contributed by atoms with E-state index >= 15 is 0 Å². The van der Waals surface area contributed by atoms with Gasteiger partial charge in [-0.15, -0.1) is 6.42 Å². The predicted molar refractivity (Wildman–Crippen MR) is 76.0 cm³/mol. The van der Waals surface area contributed by atoms with Crippen LogP contribution in [0.1, 0.15) is 61.8 Å². The van der Waals surface area contributed by atoms with Crippen molar-refractivity contribution in [3.63, 3.8) is 0 Å². The largest absolute Gasteiger partial charge is 0.460 e. The number of rotatable bonds is 3. The SMILES string of the molecule is C#CC(C)(C)C(CC(C)(C)C)C(=O)OC(C)(C)C. The van der Waals surface area contributed by atoms with Crippen LogP contribution in [0.25, 0.3) is 0 Å². The fraction of sp³-hybridized carbons (Fsp3) is 0.812. The van der Waals surface area contributed by atoms with Crippen molar-refractivity contribution in [1.82, 2.24) is 0 Å². The standard InChI is InChI=1S/C16H28O2/c1-10-16(8,9)12(11-14(2,3)4)13(17)18-15(5,6)7/h1,12H,11H2,2-9H3. The minimum Gasteiger partial charge on any atom is -0.460 e. The average molecular weight is 252 g/mol. The summed E-state index contributed by atoms with van der Waals surface area (Å²) in [6.45, 7) is 15.8. The second-order valence-corrected chi connectivity index (χ2v) is 7.72. The van der Waals surface area contributed by atoms with Gasteiger partial charge in [-0.1, -0.05) is 26.7 Å². The Balaban J connectivity index is 5.13. The second-order valence-electron chi connectivity index (χ2n) is 7.72. The Labute approximate surface area is 112 Å². The number of hydrogen-bond acceptors (Lipinski definition) is 2. The van der Waals surface area contributed by atoms with E-state index in [-0.39, 0.29) is 17.3 Å². The van der Waals surface area contributed by atoms with Crippen LogP contribution in [0.4, 0.5) is 0 Å². The van der Waals surface area contributed by atoms with Gasteiger partial charge in [0.25, 0.3) is 0 Å². The van der Waals surface area contributed by atoms with Crippen LogP contribution in [0.5, 0.6) is 0 Å². The molecule has 2 nitrogen and oxygen atoms in total. The first-order valence-corrected chi connectivity index (χ1v) is 6.49. The summed E-state index contributed by atoms with van der Waals surface area (Å²) in [7, 11) is 0. The Morgan fingerprint density at radius 3 is 1.83 bits per heavy atom. The summed E-state index contributed by atoms with van der Waals surface area (Å²) in [5.41, 5.74) is -0.927. The zero-order valence-corrected chi connectivity index (χ0v) is 13.2. The van der Waals surface area contributed by atoms with Gasteiger partial charge >= 0.3 is 5.97 Å². The maximum absolute atomic E-state index is 12.3. The van der Waals surface area contributed by atoms with Crippen molar-refractivity contribution in [1.29, 1.82) is 0 Å². The molecule has 0 aromatic rings. The molecule has 0 aliphatic heterocycles. The van der Waals surface area contributed by atoms with E-state index < -0.39 is 11.0 Å². The summed E-state index contributed by atoms with van der Waals surface area (Å²) < 4.78 is 5.50. The molecule has 0 aromatic carbocycles. The van der Waals surface area contributed by atoms with Gasteiger partial charge in [-0.05, 0) is 46.5 Å². The Bertz CT molecular complexity index is 332. The van der Waals surface area contributed by atoms with Crippen molar-refractivity contribution >= 4 is 5.97 Å². The number of carbonyl (C=O) groups excluding carboxylic acids is 1. The van der Waals surface area contributed by atoms with Crippen molar-refractivity contribution in [2.75, 3.05) is 0 Å². The highest BCUT2D eigenvalue weighted by Gasteiger charge is 2.39. The molecule has 0 saturated heterocycles. The van der Waals surface area contributed by atoms with Crippen molar-refractivity contribution in [2.24, 2.45) is 16.7 Å². The third-order valence-electron chi connectivity index (χ3n) is 2.75. The Morgan fingerprint density at radius 2 is 1.56 bits per heavy atom. The van der Waals surface area contributed by atoms with Crippen LogP contribution < -0.4 is 0 Å². The molecular formula is C16H28O2. The molecule has 0 aliphatic carbocycles. The van der Waals surface area contributed by atoms with Crippen LogP contribution in [0.2, 0.25) is 0 Å². The van der Waals surface area contributed by atoms with Crippen molar-refractivity contribution in [3.8, 4) is 12.3 Å². The summed E-state index contributed by atoms with van der Waals surface area (Å²) in [4.78, 5) is 12.3. The summed E-state index contributed by atoms with van der Waals surface area (Å²) >= 11 is 0. The molecule has 0 rings (SSSR count). The molecule has 0 saturated carbocycles. The second kappa shape index (κ2) is 5.34. The van der Waals surface area contributed by atoms with Crippen LogP contribution in [-0.4, -0.2) is 11.6 Å². The highest BCUT2D eigenvalue weighted by atomic mass is 16.6. The van der Waals surface area contributed by atoms with Gasteiger partial charge < -0.3 is 4.74 Å². The first-order valence-electron chi connectivity index (χ1n) is 6.49. The van der Waals surface area contributed by atoms with Crippen LogP contribution in [0.3, 0.4) is 0 Å². The van der Waals surface area contributed by atoms with Crippen LogP contribution in [-0.2, 0) is 9.53 Å². The van der Waals surface area contributed by atoms with Crippen LogP contribution >= 0.6 is 0 Å². The molecule has 104 valence electrons. The van der Waals surface area contributed by atoms with E-state index in [1.165, 1.54) is 0 Å². The van der Waals surface area contributed by atoms with Gasteiger partial charge in [-0.25, -0.2) is 0 Å².